The van der Waals surface area contributed by atoms with Crippen molar-refractivity contribution in [1.29, 1.82) is 5.26 Å². The van der Waals surface area contributed by atoms with Crippen LogP contribution in [0.5, 0.6) is 0 Å². The Labute approximate surface area is 589 Å². The second kappa shape index (κ2) is 56.2. The molecular weight excluding hydrogens is 1230 g/mol. The van der Waals surface area contributed by atoms with Gasteiger partial charge in [0.25, 0.3) is 0 Å². The number of carbonyl (C=O) groups is 5. The van der Waals surface area contributed by atoms with Crippen molar-refractivity contribution in [2.24, 2.45) is 29.1 Å². The van der Waals surface area contributed by atoms with Crippen LogP contribution in [0, 0.1) is 40.4 Å². The number of esters is 4. The molecule has 0 bridgehead atoms. The van der Waals surface area contributed by atoms with Gasteiger partial charge in [0, 0.05) is 83.3 Å². The molecule has 4 saturated carbocycles. The largest absolute Gasteiger partial charge is 0.469 e. The Bertz CT molecular complexity index is 2230. The summed E-state index contributed by atoms with van der Waals surface area (Å²) in [5.74, 6) is 5.58. The van der Waals surface area contributed by atoms with E-state index in [9.17, 15) is 24.0 Å². The third kappa shape index (κ3) is 54.4. The smallest absolute Gasteiger partial charge is 0.306 e. The van der Waals surface area contributed by atoms with Crippen LogP contribution in [0.3, 0.4) is 0 Å². The minimum absolute atomic E-state index is 0.0486. The summed E-state index contributed by atoms with van der Waals surface area (Å²) in [7, 11) is 4.96. The van der Waals surface area contributed by atoms with Gasteiger partial charge in [-0.25, -0.2) is 0 Å². The van der Waals surface area contributed by atoms with Crippen molar-refractivity contribution >= 4 is 41.5 Å². The lowest BCUT2D eigenvalue weighted by molar-refractivity contribution is -0.147. The van der Waals surface area contributed by atoms with E-state index in [0.29, 0.717) is 67.6 Å². The summed E-state index contributed by atoms with van der Waals surface area (Å²) < 4.78 is 34.1. The van der Waals surface area contributed by atoms with Gasteiger partial charge in [-0.1, -0.05) is 142 Å². The first-order valence-corrected chi connectivity index (χ1v) is 37.5. The summed E-state index contributed by atoms with van der Waals surface area (Å²) >= 11 is 1.99. The molecular formula is C79H139N3O13S. The van der Waals surface area contributed by atoms with Crippen molar-refractivity contribution in [3.05, 3.63) is 71.8 Å². The number of ether oxygens (including phenoxy) is 7. The number of nitriles is 1. The maximum absolute atomic E-state index is 10.6. The molecule has 16 nitrogen and oxygen atoms in total. The number of thioether (sulfide) groups is 1. The Hall–Kier alpha value is -4.57. The van der Waals surface area contributed by atoms with Gasteiger partial charge in [0.15, 0.2) is 0 Å². The fourth-order valence-corrected chi connectivity index (χ4v) is 9.84. The third-order valence-corrected chi connectivity index (χ3v) is 18.6. The molecule has 0 radical (unpaired) electrons. The van der Waals surface area contributed by atoms with E-state index in [1.807, 2.05) is 94.2 Å². The average Bonchev–Trinajstić information content (AvgIpc) is 1.75. The van der Waals surface area contributed by atoms with Crippen LogP contribution in [0.2, 0.25) is 0 Å². The molecule has 0 unspecified atom stereocenters. The maximum Gasteiger partial charge on any atom is 0.306 e. The number of rotatable bonds is 11. The van der Waals surface area contributed by atoms with E-state index in [-0.39, 0.29) is 52.5 Å². The number of methoxy groups -OCH3 is 3. The van der Waals surface area contributed by atoms with Crippen LogP contribution < -0.4 is 10.6 Å². The Morgan fingerprint density at radius 1 is 0.698 bits per heavy atom. The standard InChI is InChI=1S/C10H14O.C10H14.C8H16O.C7H12O2.C6H12O2.C5H9NO.C5H7N.C5H8O2.C5H10O2.C5H10O.C5H10.C4H9NS.C4H8O/c1-9(8-11-2)10-6-4-3-5-7-10;1-3-9(2)10-7-5-4-6-8-10;1-7-3-5-8(9-2)6-4-7;1-5-4-6(8)9-7(5,2)3;1-3-5-6(7)8-4-2;1-4-2-3-5(7)6-4;1-5(4-6)2-3-5;1-4-2-3-5(6)7-4;1-3-4-5(6)7-2;1-5-2-3-6-4-5;1-5-3-2-4-5;1-4-5-2-3-6-4;1-4(5)2-3-4/h3-7,9H,8H2,1-2H3;4-9H,3H2,1-2H3;7-8H,3-6H2,1-2H3;5H,4H2,1-3H3;3-5H2,1-2H3;4H,2-3H2,1H3,(H,6,7);2-3H2,1H3;4H,2-3H2,1H3;3-4H2,1-2H3;5H,2-4H2,1H3;5H,2-4H2,1H3;4-5H,2-3H2,1H3;5H,2-3H2,1H3/t2*9-;;5-;;4-;;4-;;5-;;4-;/m11.0.0.0.0.1./s1. The number of benzene rings is 2. The highest BCUT2D eigenvalue weighted by Gasteiger charge is 2.38. The normalized spacial score (nSPS) is 23.9. The van der Waals surface area contributed by atoms with Gasteiger partial charge in [0.2, 0.25) is 5.91 Å². The third-order valence-electron chi connectivity index (χ3n) is 17.5. The van der Waals surface area contributed by atoms with Crippen LogP contribution in [0.4, 0.5) is 0 Å². The van der Waals surface area contributed by atoms with E-state index >= 15 is 0 Å². The first kappa shape index (κ1) is 93.5. The molecule has 0 aromatic heterocycles. The van der Waals surface area contributed by atoms with Gasteiger partial charge < -0.3 is 48.9 Å². The van der Waals surface area contributed by atoms with E-state index in [4.69, 9.17) is 34.1 Å². The lowest BCUT2D eigenvalue weighted by Gasteiger charge is -2.24. The number of amides is 1. The Morgan fingerprint density at radius 3 is 1.46 bits per heavy atom. The van der Waals surface area contributed by atoms with Gasteiger partial charge in [0.1, 0.15) is 5.60 Å². The predicted octanol–water partition coefficient (Wildman–Crippen LogP) is 17.9. The van der Waals surface area contributed by atoms with Gasteiger partial charge in [0.05, 0.1) is 61.4 Å². The number of hydrogen-bond acceptors (Lipinski definition) is 16. The van der Waals surface area contributed by atoms with Crippen molar-refractivity contribution in [1.82, 2.24) is 10.6 Å². The van der Waals surface area contributed by atoms with Crippen molar-refractivity contribution in [3.8, 4) is 6.07 Å². The van der Waals surface area contributed by atoms with Crippen LogP contribution in [-0.2, 0) is 57.1 Å². The highest BCUT2D eigenvalue weighted by atomic mass is 32.2. The molecule has 0 spiro atoms. The van der Waals surface area contributed by atoms with E-state index < -0.39 is 0 Å². The number of aliphatic hydroxyl groups is 1. The molecule has 5 saturated heterocycles. The Morgan fingerprint density at radius 2 is 1.24 bits per heavy atom. The number of hydrogen-bond donors (Lipinski definition) is 3. The van der Waals surface area contributed by atoms with Crippen molar-refractivity contribution < 1.29 is 62.2 Å². The zero-order valence-corrected chi connectivity index (χ0v) is 64.9. The van der Waals surface area contributed by atoms with E-state index in [1.165, 1.54) is 88.3 Å². The maximum atomic E-state index is 10.6. The Kier molecular flexibility index (Phi) is 54.7. The molecule has 11 rings (SSSR count). The topological polar surface area (TPSA) is 218 Å². The summed E-state index contributed by atoms with van der Waals surface area (Å²) in [5, 5.41) is 23.6. The summed E-state index contributed by atoms with van der Waals surface area (Å²) in [6, 6.07) is 23.7. The zero-order valence-electron chi connectivity index (χ0n) is 64.0. The van der Waals surface area contributed by atoms with E-state index in [1.54, 1.807) is 7.11 Å². The Balaban J connectivity index is 0. The molecule has 7 atom stereocenters. The van der Waals surface area contributed by atoms with E-state index in [2.05, 4.69) is 129 Å². The lowest BCUT2D eigenvalue weighted by Crippen LogP contribution is -2.25. The van der Waals surface area contributed by atoms with Crippen LogP contribution in [-0.4, -0.2) is 130 Å². The second-order valence-electron chi connectivity index (χ2n) is 28.2. The number of nitrogens with one attached hydrogen (secondary N) is 2. The highest BCUT2D eigenvalue weighted by Crippen LogP contribution is 2.43. The molecule has 4 aliphatic carbocycles. The number of nitrogens with zero attached hydrogens (tertiary/aromatic N) is 1. The van der Waals surface area contributed by atoms with Crippen molar-refractivity contribution in [2.75, 3.05) is 60.1 Å². The van der Waals surface area contributed by atoms with E-state index in [0.717, 1.165) is 95.4 Å². The fourth-order valence-electron chi connectivity index (χ4n) is 9.02. The van der Waals surface area contributed by atoms with Gasteiger partial charge in [-0.3, -0.25) is 24.0 Å². The van der Waals surface area contributed by atoms with Gasteiger partial charge in [-0.2, -0.15) is 5.26 Å². The average molecular weight is 1370 g/mol. The molecule has 2 aromatic carbocycles. The van der Waals surface area contributed by atoms with Crippen LogP contribution in [0.15, 0.2) is 60.7 Å². The SMILES string of the molecule is CC1(C#N)CC1.CC1(O)CC1.CC1CCC1.CCCC(=O)OC.CCCC(=O)OCC.CC[C@@H](C)c1ccccc1.COC1CCC(C)CC1.COC[C@@H](C)c1ccccc1.C[C@@H]1NCCS1.C[C@H]1CC(=O)OC1(C)C.C[C@H]1CCC(=O)N1.C[C@H]1CCC(=O)O1.C[C@H]1CCOC1. The zero-order chi connectivity index (χ0) is 73.0. The van der Waals surface area contributed by atoms with Crippen molar-refractivity contribution in [3.63, 3.8) is 0 Å². The summed E-state index contributed by atoms with van der Waals surface area (Å²) in [4.78, 5) is 51.8. The van der Waals surface area contributed by atoms with Crippen LogP contribution in [0.25, 0.3) is 0 Å². The first-order chi connectivity index (χ1) is 45.4. The summed E-state index contributed by atoms with van der Waals surface area (Å²) in [6.07, 6.45) is 23.9. The molecule has 3 N–H and O–H groups in total. The molecule has 554 valence electrons. The molecule has 5 heterocycles. The summed E-state index contributed by atoms with van der Waals surface area (Å²) in [5.41, 5.74) is 2.41. The minimum atomic E-state index is -0.250. The monoisotopic (exact) mass is 1370 g/mol. The molecule has 9 fully saturated rings. The number of cyclic esters (lactones) is 2. The molecule has 9 aliphatic rings. The predicted molar refractivity (Wildman–Crippen MR) is 395 cm³/mol. The minimum Gasteiger partial charge on any atom is -0.469 e. The van der Waals surface area contributed by atoms with Gasteiger partial charge >= 0.3 is 23.9 Å². The molecule has 2 aromatic rings. The molecule has 96 heavy (non-hydrogen) atoms. The molecule has 5 aliphatic heterocycles. The quantitative estimate of drug-likeness (QED) is 0.141. The highest BCUT2D eigenvalue weighted by molar-refractivity contribution is 8.00. The molecule has 1 amide bonds. The van der Waals surface area contributed by atoms with Crippen LogP contribution in [0.1, 0.15) is 282 Å². The first-order valence-electron chi connectivity index (χ1n) is 36.5. The summed E-state index contributed by atoms with van der Waals surface area (Å²) in [6.45, 7) is 39.6. The van der Waals surface area contributed by atoms with Gasteiger partial charge in [-0.05, 0) is 180 Å². The number of carbonyl (C=O) groups excluding carboxylic acids is 5. The van der Waals surface area contributed by atoms with Crippen molar-refractivity contribution in [2.45, 2.75) is 306 Å². The molecule has 17 heteroatoms. The second-order valence-corrected chi connectivity index (χ2v) is 29.6. The van der Waals surface area contributed by atoms with Crippen LogP contribution >= 0.6 is 11.8 Å². The van der Waals surface area contributed by atoms with Gasteiger partial charge in [-0.15, -0.1) is 11.8 Å². The fraction of sp³-hybridized carbons (Fsp3) is 0.772. The lowest BCUT2D eigenvalue weighted by atomic mass is 9.88.